The zero-order valence-corrected chi connectivity index (χ0v) is 80.4. The number of esters is 4. The monoisotopic (exact) mass is 2000 g/mol. The van der Waals surface area contributed by atoms with Gasteiger partial charge in [-0.2, -0.15) is 0 Å². The van der Waals surface area contributed by atoms with Crippen molar-refractivity contribution in [3.8, 4) is 0 Å². The van der Waals surface area contributed by atoms with E-state index in [0.29, 0.717) is 50.5 Å². The van der Waals surface area contributed by atoms with Crippen molar-refractivity contribution >= 4 is 35.9 Å². The van der Waals surface area contributed by atoms with Gasteiger partial charge in [-0.15, -0.1) is 6.58 Å². The Labute approximate surface area is 809 Å². The van der Waals surface area contributed by atoms with Crippen LogP contribution in [0.5, 0.6) is 0 Å². The van der Waals surface area contributed by atoms with E-state index in [1.807, 2.05) is 0 Å². The van der Waals surface area contributed by atoms with Crippen molar-refractivity contribution in [2.75, 3.05) is 59.5 Å². The molecular weight excluding hydrogens is 1860 g/mol. The molecule has 790 valence electrons. The van der Waals surface area contributed by atoms with Gasteiger partial charge < -0.3 is 192 Å². The van der Waals surface area contributed by atoms with Crippen LogP contribution in [-0.2, 0) is 114 Å². The summed E-state index contributed by atoms with van der Waals surface area (Å²) in [6.45, 7) is 17.1. The highest BCUT2D eigenvalue weighted by Gasteiger charge is 2.73. The first-order valence-electron chi connectivity index (χ1n) is 48.1. The lowest BCUT2D eigenvalue weighted by atomic mass is 9.33. The topological polar surface area (TPSA) is 657 Å². The third kappa shape index (κ3) is 22.0. The molecule has 140 heavy (non-hydrogen) atoms. The van der Waals surface area contributed by atoms with Gasteiger partial charge in [-0.05, 0) is 141 Å². The lowest BCUT2D eigenvalue weighted by Gasteiger charge is -2.72. The second-order valence-corrected chi connectivity index (χ2v) is 42.4. The minimum absolute atomic E-state index is 0.000676. The molecule has 4 saturated carbocycles. The highest BCUT2D eigenvalue weighted by molar-refractivity contribution is 5.88. The molecule has 5 aliphatic carbocycles. The van der Waals surface area contributed by atoms with Crippen molar-refractivity contribution in [1.29, 1.82) is 0 Å². The van der Waals surface area contributed by atoms with Gasteiger partial charge >= 0.3 is 23.9 Å². The van der Waals surface area contributed by atoms with E-state index in [1.165, 1.54) is 39.0 Å². The van der Waals surface area contributed by atoms with Crippen LogP contribution in [0.3, 0.4) is 0 Å². The second kappa shape index (κ2) is 43.9. The molecule has 44 unspecified atom stereocenters. The maximum absolute atomic E-state index is 16.7. The molecule has 1 amide bonds. The first-order chi connectivity index (χ1) is 65.9. The van der Waals surface area contributed by atoms with E-state index in [4.69, 9.17) is 90.0 Å². The molecule has 0 spiro atoms. The summed E-state index contributed by atoms with van der Waals surface area (Å²) in [5.41, 5.74) is -7.38. The molecule has 44 heteroatoms. The van der Waals surface area contributed by atoms with Crippen LogP contribution in [0.25, 0.3) is 6.08 Å². The van der Waals surface area contributed by atoms with Gasteiger partial charge in [0.25, 0.3) is 0 Å². The number of hydrogen-bond acceptors (Lipinski definition) is 43. The summed E-state index contributed by atoms with van der Waals surface area (Å²) in [6.07, 6.45) is -50.5. The molecule has 1 aromatic carbocycles. The normalized spacial score (nSPS) is 46.2. The Morgan fingerprint density at radius 1 is 0.550 bits per heavy atom. The number of aliphatic hydroxyl groups excluding tert-OH is 17. The number of carbonyl (C=O) groups is 5. The maximum Gasteiger partial charge on any atom is 0.333 e. The highest BCUT2D eigenvalue weighted by Crippen LogP contribution is 2.76. The van der Waals surface area contributed by atoms with Crippen molar-refractivity contribution in [1.82, 2.24) is 5.32 Å². The average Bonchev–Trinajstić information content (AvgIpc) is 0.908. The summed E-state index contributed by atoms with van der Waals surface area (Å²) in [4.78, 5) is 71.5. The third-order valence-corrected chi connectivity index (χ3v) is 32.2. The number of aliphatic hydroxyl groups is 19. The number of rotatable bonds is 31. The SMILES string of the molecule is C=CC(C)(O)CCC=C(C)C(=O)OC1C(O)COC(OC2C(COC(C)=O)OC(OC(=O)C34CCC(C)(C)CC3C3=CCC5C6(C)CCC(OC7OC(COC8OCC(O)C(OC9OCC(O)C(O)C9O)C8O)C(OC8OC(CO)C(O)C(O)C8O)C(O)C7NC(C)=O)C(C)(C)C6CCC5(C)C3(C)CC4O)C(OC3OCC(O)C(OC4OCC(O)(CO)C4O)C3O)C2O)C1OC(=O)C=Cc1ccccc1. The number of fused-ring (bicyclic) bond motifs is 7. The molecule has 12 fully saturated rings. The highest BCUT2D eigenvalue weighted by atomic mass is 16.8. The minimum Gasteiger partial charge on any atom is -0.463 e. The van der Waals surface area contributed by atoms with Crippen LogP contribution in [0.2, 0.25) is 0 Å². The fraction of sp³-hybridized carbons (Fsp3) is 0.802. The molecule has 1 aromatic rings. The van der Waals surface area contributed by atoms with Crippen LogP contribution < -0.4 is 5.32 Å². The van der Waals surface area contributed by atoms with Gasteiger partial charge in [0.2, 0.25) is 12.2 Å². The van der Waals surface area contributed by atoms with E-state index in [1.54, 1.807) is 30.3 Å². The number of amides is 1. The molecule has 20 N–H and O–H groups in total. The van der Waals surface area contributed by atoms with Crippen LogP contribution in [0.15, 0.2) is 72.4 Å². The van der Waals surface area contributed by atoms with E-state index in [2.05, 4.69) is 66.4 Å². The van der Waals surface area contributed by atoms with Gasteiger partial charge in [-0.3, -0.25) is 14.4 Å². The number of benzene rings is 1. The molecule has 0 bridgehead atoms. The number of ether oxygens (including phenoxy) is 19. The third-order valence-electron chi connectivity index (χ3n) is 32.2. The zero-order chi connectivity index (χ0) is 102. The lowest BCUT2D eigenvalue weighted by Crippen LogP contribution is -2.69. The first-order valence-corrected chi connectivity index (χ1v) is 48.1. The van der Waals surface area contributed by atoms with Crippen molar-refractivity contribution in [3.05, 3.63) is 77.9 Å². The largest absolute Gasteiger partial charge is 0.463 e. The Hall–Kier alpha value is -5.83. The van der Waals surface area contributed by atoms with Gasteiger partial charge in [-0.25, -0.2) is 9.59 Å². The Morgan fingerprint density at radius 2 is 1.14 bits per heavy atom. The summed E-state index contributed by atoms with van der Waals surface area (Å²) in [7, 11) is 0. The van der Waals surface area contributed by atoms with Crippen molar-refractivity contribution in [2.24, 2.45) is 50.2 Å². The van der Waals surface area contributed by atoms with Gasteiger partial charge in [0.05, 0.1) is 70.7 Å². The Morgan fingerprint density at radius 3 is 1.79 bits per heavy atom. The molecule has 8 aliphatic heterocycles. The molecule has 8 saturated heterocycles. The van der Waals surface area contributed by atoms with Crippen LogP contribution in [0.1, 0.15) is 152 Å². The molecule has 13 aliphatic rings. The number of nitrogens with one attached hydrogen (secondary N) is 1. The van der Waals surface area contributed by atoms with Gasteiger partial charge in [-0.1, -0.05) is 103 Å². The van der Waals surface area contributed by atoms with E-state index in [9.17, 15) is 116 Å². The van der Waals surface area contributed by atoms with Gasteiger partial charge in [0.1, 0.15) is 152 Å². The van der Waals surface area contributed by atoms with Crippen molar-refractivity contribution in [2.45, 2.75) is 373 Å². The minimum atomic E-state index is -2.28. The van der Waals surface area contributed by atoms with Crippen LogP contribution in [0, 0.1) is 50.2 Å². The molecule has 0 radical (unpaired) electrons. The summed E-state index contributed by atoms with van der Waals surface area (Å²) in [6, 6.07) is 7.04. The zero-order valence-electron chi connectivity index (χ0n) is 80.4. The quantitative estimate of drug-likeness (QED) is 0.0113. The van der Waals surface area contributed by atoms with E-state index in [-0.39, 0.29) is 43.1 Å². The number of carbonyl (C=O) groups excluding carboxylic acids is 5. The Balaban J connectivity index is 0.753. The summed E-state index contributed by atoms with van der Waals surface area (Å²) >= 11 is 0. The molecule has 14 rings (SSSR count). The second-order valence-electron chi connectivity index (χ2n) is 42.4. The standard InChI is InChI=1S/C96H143NO43/c1-13-91(9,120)27-17-18-43(2)79(118)134-73-52(105)38-126-85(77(73)133-60(107)24-21-46-19-15-14-16-20-46)138-75-54(39-122-45(4)101)131-86(76(68(75)114)139-83-70(116)72(51(104)37-125-83)136-87-78(117)95(121,41-99)42-128-87)140-88(119)96-31-30-89(5,6)32-48(96)47-22-23-57-92(10)28-26-59(90(7,8)56(92)25-29-93(57,11)94(47,12)33-58(96)106)132-80-61(97-44(3)100)64(110)74(137-84-67(113)65(111)63(109)53(34-98)129-84)55(130-80)40-127-81-69(115)71(50(103)36-123-81)135-82-66(112)62(108)49(102)35-124-82/h13-16,18-22,24,48-59,61-78,80-87,98-99,102-106,108-117,120-121H,1,17,23,25-42H2,2-12H3,(H,97,100). The average molecular weight is 2000 g/mol. The van der Waals surface area contributed by atoms with Gasteiger partial charge in [0.15, 0.2) is 62.3 Å². The van der Waals surface area contributed by atoms with Crippen molar-refractivity contribution < 1.29 is 211 Å². The van der Waals surface area contributed by atoms with Crippen LogP contribution in [0.4, 0.5) is 0 Å². The first kappa shape index (κ1) is 110. The Kier molecular flexibility index (Phi) is 34.5. The predicted molar refractivity (Wildman–Crippen MR) is 473 cm³/mol. The number of hydrogen-bond donors (Lipinski definition) is 20. The molecule has 0 aromatic heterocycles. The maximum atomic E-state index is 16.7. The van der Waals surface area contributed by atoms with E-state index >= 15 is 4.79 Å². The summed E-state index contributed by atoms with van der Waals surface area (Å²) in [5, 5.41) is 218. The molecule has 8 heterocycles. The molecular formula is C96H143NO43. The Bertz CT molecular complexity index is 4500. The van der Waals surface area contributed by atoms with E-state index < -0.39 is 354 Å². The molecule has 44 atom stereocenters. The van der Waals surface area contributed by atoms with Gasteiger partial charge in [0, 0.05) is 25.5 Å². The summed E-state index contributed by atoms with van der Waals surface area (Å²) < 4.78 is 117. The number of allylic oxidation sites excluding steroid dienone is 3. The van der Waals surface area contributed by atoms with Crippen LogP contribution >= 0.6 is 0 Å². The van der Waals surface area contributed by atoms with Crippen molar-refractivity contribution in [3.63, 3.8) is 0 Å². The smallest absolute Gasteiger partial charge is 0.333 e. The van der Waals surface area contributed by atoms with Crippen LogP contribution in [-0.4, -0.2) is 413 Å². The fourth-order valence-electron chi connectivity index (χ4n) is 23.8. The summed E-state index contributed by atoms with van der Waals surface area (Å²) in [5.74, 6) is -5.83. The predicted octanol–water partition coefficient (Wildman–Crippen LogP) is -3.38. The van der Waals surface area contributed by atoms with E-state index in [0.717, 1.165) is 18.6 Å². The lowest BCUT2D eigenvalue weighted by molar-refractivity contribution is -0.377. The fourth-order valence-corrected chi connectivity index (χ4v) is 23.8. The molecule has 44 nitrogen and oxygen atoms in total.